The van der Waals surface area contributed by atoms with E-state index in [-0.39, 0.29) is 11.8 Å². The number of fused-ring (bicyclic) bond motifs is 2. The van der Waals surface area contributed by atoms with Crippen LogP contribution in [0, 0.1) is 0 Å². The monoisotopic (exact) mass is 393 g/mol. The fourth-order valence-corrected chi connectivity index (χ4v) is 4.28. The van der Waals surface area contributed by atoms with Crippen LogP contribution in [-0.2, 0) is 6.54 Å². The van der Waals surface area contributed by atoms with E-state index in [1.54, 1.807) is 16.7 Å². The largest absolute Gasteiger partial charge is 0.420 e. The van der Waals surface area contributed by atoms with E-state index in [4.69, 9.17) is 21.0 Å². The number of hydrogen-bond donors (Lipinski definition) is 0. The van der Waals surface area contributed by atoms with Crippen molar-refractivity contribution in [2.75, 3.05) is 13.1 Å². The number of hydrogen-bond acceptors (Lipinski definition) is 4. The molecule has 0 N–H and O–H groups in total. The van der Waals surface area contributed by atoms with Crippen molar-refractivity contribution in [3.05, 3.63) is 75.9 Å². The Morgan fingerprint density at radius 2 is 1.89 bits per heavy atom. The SMILES string of the molecule is O=c1oc2ccc(Cl)cc2n1C1CCN(Cc2ccc3ccccc3n2)CC1. The van der Waals surface area contributed by atoms with Gasteiger partial charge in [-0.25, -0.2) is 4.79 Å². The quantitative estimate of drug-likeness (QED) is 0.509. The predicted molar refractivity (Wildman–Crippen MR) is 111 cm³/mol. The predicted octanol–water partition coefficient (Wildman–Crippen LogP) is 4.63. The number of pyridine rings is 1. The number of nitrogens with zero attached hydrogens (tertiary/aromatic N) is 3. The van der Waals surface area contributed by atoms with Crippen molar-refractivity contribution in [3.8, 4) is 0 Å². The van der Waals surface area contributed by atoms with Crippen LogP contribution in [-0.4, -0.2) is 27.5 Å². The maximum Gasteiger partial charge on any atom is 0.420 e. The van der Waals surface area contributed by atoms with Crippen molar-refractivity contribution < 1.29 is 4.42 Å². The van der Waals surface area contributed by atoms with E-state index in [9.17, 15) is 4.79 Å². The molecule has 0 aliphatic carbocycles. The van der Waals surface area contributed by atoms with E-state index in [1.165, 1.54) is 0 Å². The molecule has 3 heterocycles. The van der Waals surface area contributed by atoms with Crippen LogP contribution in [0.25, 0.3) is 22.0 Å². The first kappa shape index (κ1) is 17.5. The Bertz CT molecular complexity index is 1210. The first-order valence-corrected chi connectivity index (χ1v) is 9.93. The second-order valence-corrected chi connectivity index (χ2v) is 7.79. The van der Waals surface area contributed by atoms with Crippen LogP contribution in [0.1, 0.15) is 24.6 Å². The lowest BCUT2D eigenvalue weighted by molar-refractivity contribution is 0.176. The molecule has 0 saturated carbocycles. The molecule has 28 heavy (non-hydrogen) atoms. The number of halogens is 1. The van der Waals surface area contributed by atoms with E-state index >= 15 is 0 Å². The first-order chi connectivity index (χ1) is 13.7. The summed E-state index contributed by atoms with van der Waals surface area (Å²) in [4.78, 5) is 19.5. The summed E-state index contributed by atoms with van der Waals surface area (Å²) in [6, 6.07) is 17.9. The molecule has 4 aromatic rings. The zero-order valence-corrected chi connectivity index (χ0v) is 16.1. The lowest BCUT2D eigenvalue weighted by atomic mass is 10.0. The molecule has 6 heteroatoms. The fourth-order valence-electron chi connectivity index (χ4n) is 4.11. The van der Waals surface area contributed by atoms with Gasteiger partial charge in [-0.15, -0.1) is 0 Å². The van der Waals surface area contributed by atoms with Gasteiger partial charge in [0.25, 0.3) is 0 Å². The number of para-hydroxylation sites is 1. The second-order valence-electron chi connectivity index (χ2n) is 7.35. The van der Waals surface area contributed by atoms with Gasteiger partial charge in [-0.2, -0.15) is 0 Å². The van der Waals surface area contributed by atoms with Gasteiger partial charge in [0.1, 0.15) is 0 Å². The number of rotatable bonds is 3. The Morgan fingerprint density at radius 1 is 1.07 bits per heavy atom. The summed E-state index contributed by atoms with van der Waals surface area (Å²) in [6.45, 7) is 2.65. The molecule has 0 atom stereocenters. The number of likely N-dealkylation sites (tertiary alicyclic amines) is 1. The molecule has 2 aromatic heterocycles. The van der Waals surface area contributed by atoms with E-state index in [0.29, 0.717) is 10.6 Å². The molecule has 0 radical (unpaired) electrons. The van der Waals surface area contributed by atoms with Crippen LogP contribution in [0.4, 0.5) is 0 Å². The average Bonchev–Trinajstić information content (AvgIpc) is 3.03. The standard InChI is InChI=1S/C22H20ClN3O2/c23-16-6-8-21-20(13-16)26(22(27)28-21)18-9-11-25(12-10-18)14-17-7-5-15-3-1-2-4-19(15)24-17/h1-8,13,18H,9-12,14H2. The summed E-state index contributed by atoms with van der Waals surface area (Å²) in [5.74, 6) is -0.299. The fraction of sp³-hybridized carbons (Fsp3) is 0.273. The number of oxazole rings is 1. The molecular formula is C22H20ClN3O2. The van der Waals surface area contributed by atoms with E-state index in [1.807, 2.05) is 24.3 Å². The van der Waals surface area contributed by atoms with Gasteiger partial charge >= 0.3 is 5.76 Å². The number of benzene rings is 2. The Labute approximate surface area is 167 Å². The summed E-state index contributed by atoms with van der Waals surface area (Å²) < 4.78 is 7.17. The van der Waals surface area contributed by atoms with Crippen LogP contribution in [0.5, 0.6) is 0 Å². The van der Waals surface area contributed by atoms with E-state index in [0.717, 1.165) is 54.6 Å². The molecule has 5 nitrogen and oxygen atoms in total. The minimum Gasteiger partial charge on any atom is -0.408 e. The molecule has 1 saturated heterocycles. The zero-order chi connectivity index (χ0) is 19.1. The lowest BCUT2D eigenvalue weighted by Crippen LogP contribution is -2.36. The molecule has 1 aliphatic rings. The van der Waals surface area contributed by atoms with Crippen LogP contribution < -0.4 is 5.76 Å². The Hall–Kier alpha value is -2.63. The third-order valence-corrected chi connectivity index (χ3v) is 5.77. The smallest absolute Gasteiger partial charge is 0.408 e. The highest BCUT2D eigenvalue weighted by Gasteiger charge is 2.25. The summed E-state index contributed by atoms with van der Waals surface area (Å²) in [5.41, 5.74) is 3.49. The van der Waals surface area contributed by atoms with Crippen molar-refractivity contribution >= 4 is 33.6 Å². The summed E-state index contributed by atoms with van der Waals surface area (Å²) in [7, 11) is 0. The normalized spacial score (nSPS) is 16.2. The van der Waals surface area contributed by atoms with Crippen molar-refractivity contribution in [3.63, 3.8) is 0 Å². The molecule has 2 aromatic carbocycles. The van der Waals surface area contributed by atoms with Crippen molar-refractivity contribution in [2.24, 2.45) is 0 Å². The van der Waals surface area contributed by atoms with Gasteiger partial charge in [0.2, 0.25) is 0 Å². The Balaban J connectivity index is 1.32. The van der Waals surface area contributed by atoms with Gasteiger partial charge in [0.15, 0.2) is 5.58 Å². The topological polar surface area (TPSA) is 51.3 Å². The average molecular weight is 394 g/mol. The van der Waals surface area contributed by atoms with E-state index < -0.39 is 0 Å². The van der Waals surface area contributed by atoms with Gasteiger partial charge in [0, 0.05) is 36.1 Å². The van der Waals surface area contributed by atoms with Gasteiger partial charge in [-0.05, 0) is 43.2 Å². The van der Waals surface area contributed by atoms with Gasteiger partial charge in [0.05, 0.1) is 16.7 Å². The highest BCUT2D eigenvalue weighted by atomic mass is 35.5. The van der Waals surface area contributed by atoms with Crippen molar-refractivity contribution in [1.29, 1.82) is 0 Å². The van der Waals surface area contributed by atoms with Gasteiger partial charge < -0.3 is 4.42 Å². The zero-order valence-electron chi connectivity index (χ0n) is 15.3. The minimum atomic E-state index is -0.299. The van der Waals surface area contributed by atoms with Gasteiger partial charge in [-0.1, -0.05) is 35.9 Å². The molecule has 0 amide bonds. The third-order valence-electron chi connectivity index (χ3n) is 5.54. The molecule has 1 fully saturated rings. The summed E-state index contributed by atoms with van der Waals surface area (Å²) in [5, 5.41) is 1.77. The second kappa shape index (κ2) is 7.08. The first-order valence-electron chi connectivity index (χ1n) is 9.55. The lowest BCUT2D eigenvalue weighted by Gasteiger charge is -2.32. The maximum atomic E-state index is 12.4. The Morgan fingerprint density at radius 3 is 2.75 bits per heavy atom. The highest BCUT2D eigenvalue weighted by Crippen LogP contribution is 2.28. The maximum absolute atomic E-state index is 12.4. The highest BCUT2D eigenvalue weighted by molar-refractivity contribution is 6.31. The molecule has 5 rings (SSSR count). The molecule has 0 unspecified atom stereocenters. The van der Waals surface area contributed by atoms with Crippen LogP contribution in [0.15, 0.2) is 63.8 Å². The number of piperidine rings is 1. The summed E-state index contributed by atoms with van der Waals surface area (Å²) >= 11 is 6.12. The molecule has 1 aliphatic heterocycles. The van der Waals surface area contributed by atoms with Gasteiger partial charge in [-0.3, -0.25) is 14.5 Å². The minimum absolute atomic E-state index is 0.132. The number of aromatic nitrogens is 2. The van der Waals surface area contributed by atoms with Crippen LogP contribution in [0.2, 0.25) is 5.02 Å². The van der Waals surface area contributed by atoms with E-state index in [2.05, 4.69) is 23.1 Å². The van der Waals surface area contributed by atoms with Crippen molar-refractivity contribution in [2.45, 2.75) is 25.4 Å². The summed E-state index contributed by atoms with van der Waals surface area (Å²) in [6.07, 6.45) is 1.79. The van der Waals surface area contributed by atoms with Crippen LogP contribution >= 0.6 is 11.6 Å². The molecular weight excluding hydrogens is 374 g/mol. The molecule has 142 valence electrons. The van der Waals surface area contributed by atoms with Crippen LogP contribution in [0.3, 0.4) is 0 Å². The van der Waals surface area contributed by atoms with Crippen molar-refractivity contribution in [1.82, 2.24) is 14.5 Å². The third kappa shape index (κ3) is 3.21. The Kier molecular flexibility index (Phi) is 4.41. The molecule has 0 bridgehead atoms. The molecule has 0 spiro atoms.